The van der Waals surface area contributed by atoms with Gasteiger partial charge in [-0.1, -0.05) is 48.5 Å². The van der Waals surface area contributed by atoms with Gasteiger partial charge in [0, 0.05) is 37.0 Å². The van der Waals surface area contributed by atoms with E-state index in [0.717, 1.165) is 23.1 Å². The van der Waals surface area contributed by atoms with Gasteiger partial charge in [0.25, 0.3) is 5.91 Å². The Morgan fingerprint density at radius 2 is 1.57 bits per heavy atom. The molecule has 1 heterocycles. The third kappa shape index (κ3) is 5.83. The first-order valence-corrected chi connectivity index (χ1v) is 13.8. The van der Waals surface area contributed by atoms with Crippen molar-refractivity contribution in [2.24, 2.45) is 0 Å². The Balaban J connectivity index is 1.67. The fraction of sp³-hybridized carbons (Fsp3) is 0.214. The van der Waals surface area contributed by atoms with Crippen LogP contribution in [0.25, 0.3) is 11.3 Å². The highest BCUT2D eigenvalue weighted by Gasteiger charge is 2.28. The fourth-order valence-electron chi connectivity index (χ4n) is 4.34. The molecule has 0 saturated carbocycles. The van der Waals surface area contributed by atoms with Crippen LogP contribution < -0.4 is 14.9 Å². The average molecular weight is 519 g/mol. The standard InChI is InChI=1S/C28H30N4O4S/c1-4-31(20(2)33)18-19-32(37(3,35)36)23-16-14-22(15-17-23)29-27(21-10-6-5-7-11-21)26-24-12-8-9-13-25(24)30-28(26)34/h5-17,29H,4,18-19H2,1-3H3,(H,30,34). The van der Waals surface area contributed by atoms with Crippen LogP contribution in [0, 0.1) is 0 Å². The fourth-order valence-corrected chi connectivity index (χ4v) is 5.26. The zero-order valence-corrected chi connectivity index (χ0v) is 21.9. The molecule has 2 amide bonds. The van der Waals surface area contributed by atoms with Gasteiger partial charge in [-0.15, -0.1) is 0 Å². The number of likely N-dealkylation sites (N-methyl/N-ethyl adjacent to an activating group) is 1. The number of rotatable bonds is 9. The second-order valence-corrected chi connectivity index (χ2v) is 10.6. The highest BCUT2D eigenvalue weighted by Crippen LogP contribution is 2.37. The molecular weight excluding hydrogens is 488 g/mol. The van der Waals surface area contributed by atoms with E-state index in [9.17, 15) is 18.0 Å². The molecule has 192 valence electrons. The lowest BCUT2D eigenvalue weighted by molar-refractivity contribution is -0.128. The Kier molecular flexibility index (Phi) is 7.63. The van der Waals surface area contributed by atoms with Gasteiger partial charge in [0.15, 0.2) is 0 Å². The lowest BCUT2D eigenvalue weighted by atomic mass is 10.00. The summed E-state index contributed by atoms with van der Waals surface area (Å²) in [5, 5.41) is 6.31. The molecule has 3 aromatic rings. The molecule has 8 nitrogen and oxygen atoms in total. The van der Waals surface area contributed by atoms with E-state index in [4.69, 9.17) is 0 Å². The zero-order chi connectivity index (χ0) is 26.6. The van der Waals surface area contributed by atoms with Crippen LogP contribution in [0.1, 0.15) is 25.0 Å². The van der Waals surface area contributed by atoms with Crippen LogP contribution in [-0.2, 0) is 19.6 Å². The van der Waals surface area contributed by atoms with Crippen molar-refractivity contribution < 1.29 is 18.0 Å². The van der Waals surface area contributed by atoms with Gasteiger partial charge < -0.3 is 15.5 Å². The molecule has 0 unspecified atom stereocenters. The van der Waals surface area contributed by atoms with E-state index >= 15 is 0 Å². The molecular formula is C28H30N4O4S. The van der Waals surface area contributed by atoms with Crippen LogP contribution >= 0.6 is 0 Å². The number of carbonyl (C=O) groups excluding carboxylic acids is 2. The molecule has 0 bridgehead atoms. The molecule has 0 aromatic heterocycles. The summed E-state index contributed by atoms with van der Waals surface area (Å²) in [6, 6.07) is 24.1. The van der Waals surface area contributed by atoms with Crippen molar-refractivity contribution in [1.82, 2.24) is 4.90 Å². The number of para-hydroxylation sites is 1. The van der Waals surface area contributed by atoms with Crippen molar-refractivity contribution in [1.29, 1.82) is 0 Å². The van der Waals surface area contributed by atoms with E-state index in [1.807, 2.05) is 61.5 Å². The molecule has 1 aliphatic rings. The van der Waals surface area contributed by atoms with Crippen molar-refractivity contribution in [3.8, 4) is 0 Å². The van der Waals surface area contributed by atoms with Crippen molar-refractivity contribution >= 4 is 50.2 Å². The lowest BCUT2D eigenvalue weighted by Crippen LogP contribution is -2.40. The van der Waals surface area contributed by atoms with E-state index in [-0.39, 0.29) is 24.9 Å². The molecule has 3 aromatic carbocycles. The smallest absolute Gasteiger partial charge is 0.258 e. The van der Waals surface area contributed by atoms with E-state index in [0.29, 0.717) is 29.2 Å². The number of fused-ring (bicyclic) bond motifs is 1. The number of hydrogen-bond donors (Lipinski definition) is 2. The molecule has 37 heavy (non-hydrogen) atoms. The molecule has 0 radical (unpaired) electrons. The molecule has 9 heteroatoms. The zero-order valence-electron chi connectivity index (χ0n) is 21.1. The predicted molar refractivity (Wildman–Crippen MR) is 149 cm³/mol. The summed E-state index contributed by atoms with van der Waals surface area (Å²) in [5.41, 5.74) is 4.77. The number of amides is 2. The molecule has 0 saturated heterocycles. The lowest BCUT2D eigenvalue weighted by Gasteiger charge is -2.26. The van der Waals surface area contributed by atoms with Crippen molar-refractivity contribution in [3.05, 3.63) is 90.0 Å². The summed E-state index contributed by atoms with van der Waals surface area (Å²) in [5.74, 6) is -0.298. The number of carbonyl (C=O) groups is 2. The summed E-state index contributed by atoms with van der Waals surface area (Å²) in [7, 11) is -3.57. The number of sulfonamides is 1. The van der Waals surface area contributed by atoms with Gasteiger partial charge in [-0.25, -0.2) is 8.42 Å². The largest absolute Gasteiger partial charge is 0.354 e. The predicted octanol–water partition coefficient (Wildman–Crippen LogP) is 4.25. The first-order valence-electron chi connectivity index (χ1n) is 12.0. The maximum absolute atomic E-state index is 13.0. The SMILES string of the molecule is CCN(CCN(c1ccc(NC(=C2C(=O)Nc3ccccc32)c2ccccc2)cc1)S(C)(=O)=O)C(C)=O. The third-order valence-electron chi connectivity index (χ3n) is 6.21. The second kappa shape index (κ2) is 10.9. The van der Waals surface area contributed by atoms with Crippen LogP contribution in [-0.4, -0.2) is 51.0 Å². The van der Waals surface area contributed by atoms with Gasteiger partial charge in [0.2, 0.25) is 15.9 Å². The van der Waals surface area contributed by atoms with Crippen molar-refractivity contribution in [3.63, 3.8) is 0 Å². The number of hydrogen-bond acceptors (Lipinski definition) is 5. The number of nitrogens with zero attached hydrogens (tertiary/aromatic N) is 2. The van der Waals surface area contributed by atoms with Gasteiger partial charge in [0.1, 0.15) is 0 Å². The molecule has 4 rings (SSSR count). The summed E-state index contributed by atoms with van der Waals surface area (Å²) in [6.07, 6.45) is 1.15. The first-order chi connectivity index (χ1) is 17.7. The van der Waals surface area contributed by atoms with E-state index < -0.39 is 10.0 Å². The number of anilines is 3. The minimum absolute atomic E-state index is 0.102. The molecule has 0 fully saturated rings. The summed E-state index contributed by atoms with van der Waals surface area (Å²) in [6.45, 7) is 4.27. The number of nitrogens with one attached hydrogen (secondary N) is 2. The highest BCUT2D eigenvalue weighted by molar-refractivity contribution is 7.92. The minimum atomic E-state index is -3.57. The van der Waals surface area contributed by atoms with Gasteiger partial charge in [-0.2, -0.15) is 0 Å². The maximum Gasteiger partial charge on any atom is 0.258 e. The van der Waals surface area contributed by atoms with E-state index in [1.54, 1.807) is 29.2 Å². The Hall–Kier alpha value is -4.11. The van der Waals surface area contributed by atoms with Gasteiger partial charge >= 0.3 is 0 Å². The van der Waals surface area contributed by atoms with Gasteiger partial charge in [-0.05, 0) is 42.8 Å². The van der Waals surface area contributed by atoms with Crippen molar-refractivity contribution in [2.45, 2.75) is 13.8 Å². The normalized spacial score (nSPS) is 14.0. The quantitative estimate of drug-likeness (QED) is 0.413. The monoisotopic (exact) mass is 518 g/mol. The minimum Gasteiger partial charge on any atom is -0.354 e. The summed E-state index contributed by atoms with van der Waals surface area (Å²) >= 11 is 0. The summed E-state index contributed by atoms with van der Waals surface area (Å²) in [4.78, 5) is 26.3. The Morgan fingerprint density at radius 3 is 2.19 bits per heavy atom. The van der Waals surface area contributed by atoms with Crippen LogP contribution in [0.5, 0.6) is 0 Å². The van der Waals surface area contributed by atoms with Crippen LogP contribution in [0.2, 0.25) is 0 Å². The molecule has 0 spiro atoms. The van der Waals surface area contributed by atoms with E-state index in [2.05, 4.69) is 10.6 Å². The van der Waals surface area contributed by atoms with Crippen LogP contribution in [0.3, 0.4) is 0 Å². The van der Waals surface area contributed by atoms with Crippen LogP contribution in [0.4, 0.5) is 17.1 Å². The average Bonchev–Trinajstić information content (AvgIpc) is 3.21. The Labute approximate surface area is 217 Å². The Bertz CT molecular complexity index is 1430. The first kappa shape index (κ1) is 26.0. The molecule has 1 aliphatic heterocycles. The van der Waals surface area contributed by atoms with Gasteiger partial charge in [0.05, 0.1) is 29.8 Å². The van der Waals surface area contributed by atoms with E-state index in [1.165, 1.54) is 11.2 Å². The molecule has 0 aliphatic carbocycles. The molecule has 2 N–H and O–H groups in total. The topological polar surface area (TPSA) is 98.8 Å². The summed E-state index contributed by atoms with van der Waals surface area (Å²) < 4.78 is 26.4. The third-order valence-corrected chi connectivity index (χ3v) is 7.40. The second-order valence-electron chi connectivity index (χ2n) is 8.72. The van der Waals surface area contributed by atoms with Crippen molar-refractivity contribution in [2.75, 3.05) is 40.8 Å². The Morgan fingerprint density at radius 1 is 0.919 bits per heavy atom. The highest BCUT2D eigenvalue weighted by atomic mass is 32.2. The van der Waals surface area contributed by atoms with Crippen LogP contribution in [0.15, 0.2) is 78.9 Å². The van der Waals surface area contributed by atoms with Gasteiger partial charge in [-0.3, -0.25) is 13.9 Å². The molecule has 0 atom stereocenters. The number of benzene rings is 3. The maximum atomic E-state index is 13.0.